The van der Waals surface area contributed by atoms with Gasteiger partial charge in [-0.1, -0.05) is 53.7 Å². The lowest BCUT2D eigenvalue weighted by Gasteiger charge is -2.10. The molecular formula is C25H20ClN3O3S2. The van der Waals surface area contributed by atoms with Crippen LogP contribution in [-0.2, 0) is 9.59 Å². The maximum Gasteiger partial charge on any atom is 0.248 e. The summed E-state index contributed by atoms with van der Waals surface area (Å²) in [5.74, 6) is 0.318. The number of fused-ring (bicyclic) bond motifs is 1. The third-order valence-corrected chi connectivity index (χ3v) is 7.02. The van der Waals surface area contributed by atoms with Crippen molar-refractivity contribution < 1.29 is 14.3 Å². The number of rotatable bonds is 8. The molecule has 4 aromatic rings. The van der Waals surface area contributed by atoms with Gasteiger partial charge < -0.3 is 15.4 Å². The van der Waals surface area contributed by atoms with Crippen molar-refractivity contribution in [2.45, 2.75) is 4.34 Å². The zero-order valence-corrected chi connectivity index (χ0v) is 20.5. The number of halogens is 1. The Hall–Kier alpha value is -3.33. The largest absolute Gasteiger partial charge is 0.495 e. The molecule has 2 N–H and O–H groups in total. The van der Waals surface area contributed by atoms with E-state index in [4.69, 9.17) is 16.3 Å². The quantitative estimate of drug-likeness (QED) is 0.214. The maximum absolute atomic E-state index is 12.4. The fraction of sp³-hybridized carbons (Fsp3) is 0.0800. The first-order valence-electron chi connectivity index (χ1n) is 10.2. The molecule has 2 amide bonds. The van der Waals surface area contributed by atoms with Gasteiger partial charge in [-0.15, -0.1) is 11.3 Å². The first kappa shape index (κ1) is 23.8. The van der Waals surface area contributed by atoms with Crippen LogP contribution in [0.3, 0.4) is 0 Å². The van der Waals surface area contributed by atoms with E-state index in [1.165, 1.54) is 36.3 Å². The van der Waals surface area contributed by atoms with Crippen LogP contribution in [0.4, 0.5) is 11.4 Å². The van der Waals surface area contributed by atoms with Crippen molar-refractivity contribution in [2.24, 2.45) is 0 Å². The Labute approximate surface area is 210 Å². The molecule has 34 heavy (non-hydrogen) atoms. The normalized spacial score (nSPS) is 11.0. The monoisotopic (exact) mass is 509 g/mol. The van der Waals surface area contributed by atoms with Crippen molar-refractivity contribution in [3.8, 4) is 5.75 Å². The minimum absolute atomic E-state index is 0.184. The Morgan fingerprint density at radius 3 is 2.71 bits per heavy atom. The Kier molecular flexibility index (Phi) is 7.84. The van der Waals surface area contributed by atoms with Gasteiger partial charge in [0.15, 0.2) is 4.34 Å². The lowest BCUT2D eigenvalue weighted by atomic mass is 10.2. The van der Waals surface area contributed by atoms with Crippen LogP contribution in [0.15, 0.2) is 77.1 Å². The summed E-state index contributed by atoms with van der Waals surface area (Å²) >= 11 is 8.82. The number of thioether (sulfide) groups is 1. The standard InChI is InChI=1S/C25H20ClN3O3S2/c1-32-21-11-8-17(26)13-20(21)28-24(31)15-33-25-29-19-10-9-18(14-22(19)34-25)27-23(30)12-7-16-5-3-2-4-6-16/h2-14H,15H2,1H3,(H,27,30)(H,28,31)/b12-7+. The minimum Gasteiger partial charge on any atom is -0.495 e. The Bertz CT molecular complexity index is 1360. The highest BCUT2D eigenvalue weighted by atomic mass is 35.5. The molecule has 4 rings (SSSR count). The van der Waals surface area contributed by atoms with Gasteiger partial charge in [-0.2, -0.15) is 0 Å². The van der Waals surface area contributed by atoms with E-state index in [0.717, 1.165) is 20.1 Å². The number of amides is 2. The number of thiazole rings is 1. The molecule has 0 radical (unpaired) electrons. The van der Waals surface area contributed by atoms with Gasteiger partial charge >= 0.3 is 0 Å². The number of ether oxygens (including phenoxy) is 1. The number of methoxy groups -OCH3 is 1. The number of carbonyl (C=O) groups excluding carboxylic acids is 2. The second-order valence-electron chi connectivity index (χ2n) is 7.08. The number of anilines is 2. The van der Waals surface area contributed by atoms with E-state index in [2.05, 4.69) is 15.6 Å². The summed E-state index contributed by atoms with van der Waals surface area (Å²) in [6.45, 7) is 0. The fourth-order valence-corrected chi connectivity index (χ4v) is 5.13. The van der Waals surface area contributed by atoms with E-state index in [1.807, 2.05) is 48.5 Å². The smallest absolute Gasteiger partial charge is 0.248 e. The molecule has 0 saturated carbocycles. The predicted molar refractivity (Wildman–Crippen MR) is 141 cm³/mol. The van der Waals surface area contributed by atoms with Crippen LogP contribution in [0.1, 0.15) is 5.56 Å². The second kappa shape index (κ2) is 11.2. The third-order valence-electron chi connectivity index (χ3n) is 4.63. The molecule has 0 saturated heterocycles. The molecule has 0 atom stereocenters. The maximum atomic E-state index is 12.4. The Morgan fingerprint density at radius 1 is 1.09 bits per heavy atom. The zero-order chi connectivity index (χ0) is 23.9. The van der Waals surface area contributed by atoms with Crippen molar-refractivity contribution in [3.63, 3.8) is 0 Å². The summed E-state index contributed by atoms with van der Waals surface area (Å²) in [4.78, 5) is 29.2. The highest BCUT2D eigenvalue weighted by Gasteiger charge is 2.12. The van der Waals surface area contributed by atoms with Crippen molar-refractivity contribution in [1.82, 2.24) is 4.98 Å². The van der Waals surface area contributed by atoms with Crippen molar-refractivity contribution in [3.05, 3.63) is 83.4 Å². The fourth-order valence-electron chi connectivity index (χ4n) is 3.05. The minimum atomic E-state index is -0.213. The zero-order valence-electron chi connectivity index (χ0n) is 18.1. The molecule has 0 aliphatic heterocycles. The topological polar surface area (TPSA) is 80.3 Å². The number of benzene rings is 3. The molecule has 0 aliphatic rings. The van der Waals surface area contributed by atoms with Crippen LogP contribution >= 0.6 is 34.7 Å². The molecule has 0 aliphatic carbocycles. The molecule has 1 heterocycles. The first-order valence-corrected chi connectivity index (χ1v) is 12.4. The summed E-state index contributed by atoms with van der Waals surface area (Å²) in [7, 11) is 1.53. The average Bonchev–Trinajstić information content (AvgIpc) is 3.24. The van der Waals surface area contributed by atoms with E-state index in [1.54, 1.807) is 24.3 Å². The van der Waals surface area contributed by atoms with Crippen molar-refractivity contribution in [1.29, 1.82) is 0 Å². The highest BCUT2D eigenvalue weighted by molar-refractivity contribution is 8.01. The molecule has 0 bridgehead atoms. The number of hydrogen-bond acceptors (Lipinski definition) is 6. The molecule has 3 aromatic carbocycles. The molecular weight excluding hydrogens is 490 g/mol. The molecule has 1 aromatic heterocycles. The Balaban J connectivity index is 1.35. The number of hydrogen-bond donors (Lipinski definition) is 2. The number of aromatic nitrogens is 1. The number of carbonyl (C=O) groups is 2. The molecule has 172 valence electrons. The van der Waals surface area contributed by atoms with Gasteiger partial charge in [-0.3, -0.25) is 9.59 Å². The van der Waals surface area contributed by atoms with Crippen molar-refractivity contribution in [2.75, 3.05) is 23.5 Å². The number of nitrogens with zero attached hydrogens (tertiary/aromatic N) is 1. The molecule has 9 heteroatoms. The van der Waals surface area contributed by atoms with Crippen LogP contribution in [0.2, 0.25) is 5.02 Å². The molecule has 0 spiro atoms. The van der Waals surface area contributed by atoms with Gasteiger partial charge in [0.05, 0.1) is 28.8 Å². The van der Waals surface area contributed by atoms with Gasteiger partial charge in [0, 0.05) is 16.8 Å². The van der Waals surface area contributed by atoms with Crippen LogP contribution in [0.25, 0.3) is 16.3 Å². The van der Waals surface area contributed by atoms with E-state index in [9.17, 15) is 9.59 Å². The SMILES string of the molecule is COc1ccc(Cl)cc1NC(=O)CSc1nc2ccc(NC(=O)/C=C/c3ccccc3)cc2s1. The molecule has 6 nitrogen and oxygen atoms in total. The van der Waals surface area contributed by atoms with Crippen molar-refractivity contribution >= 4 is 74.2 Å². The van der Waals surface area contributed by atoms with Gasteiger partial charge in [0.2, 0.25) is 11.8 Å². The summed E-state index contributed by atoms with van der Waals surface area (Å²) in [6, 6.07) is 20.2. The highest BCUT2D eigenvalue weighted by Crippen LogP contribution is 2.32. The van der Waals surface area contributed by atoms with Gasteiger partial charge in [-0.05, 0) is 48.0 Å². The first-order chi connectivity index (χ1) is 16.5. The number of nitrogens with one attached hydrogen (secondary N) is 2. The summed E-state index contributed by atoms with van der Waals surface area (Å²) in [5, 5.41) is 6.19. The van der Waals surface area contributed by atoms with Gasteiger partial charge in [-0.25, -0.2) is 4.98 Å². The summed E-state index contributed by atoms with van der Waals surface area (Å²) in [5.41, 5.74) is 2.96. The average molecular weight is 510 g/mol. The lowest BCUT2D eigenvalue weighted by molar-refractivity contribution is -0.114. The van der Waals surface area contributed by atoms with E-state index in [-0.39, 0.29) is 17.6 Å². The molecule has 0 unspecified atom stereocenters. The van der Waals surface area contributed by atoms with Gasteiger partial charge in [0.1, 0.15) is 5.75 Å². The lowest BCUT2D eigenvalue weighted by Crippen LogP contribution is -2.14. The van der Waals surface area contributed by atoms with Crippen LogP contribution in [0.5, 0.6) is 5.75 Å². The van der Waals surface area contributed by atoms with Crippen LogP contribution in [-0.4, -0.2) is 29.7 Å². The second-order valence-corrected chi connectivity index (χ2v) is 9.77. The van der Waals surface area contributed by atoms with Crippen LogP contribution in [0, 0.1) is 0 Å². The summed E-state index contributed by atoms with van der Waals surface area (Å²) < 4.78 is 6.94. The van der Waals surface area contributed by atoms with E-state index >= 15 is 0 Å². The summed E-state index contributed by atoms with van der Waals surface area (Å²) in [6.07, 6.45) is 3.26. The van der Waals surface area contributed by atoms with E-state index in [0.29, 0.717) is 22.1 Å². The van der Waals surface area contributed by atoms with Gasteiger partial charge in [0.25, 0.3) is 0 Å². The third kappa shape index (κ3) is 6.38. The van der Waals surface area contributed by atoms with E-state index < -0.39 is 0 Å². The predicted octanol–water partition coefficient (Wildman–Crippen LogP) is 6.34. The van der Waals surface area contributed by atoms with Crippen LogP contribution < -0.4 is 15.4 Å². The molecule has 0 fully saturated rings. The Morgan fingerprint density at radius 2 is 1.91 bits per heavy atom.